The molecule has 3 N–H and O–H groups in total. The molecule has 0 heterocycles. The molecule has 0 aromatic heterocycles. The van der Waals surface area contributed by atoms with Crippen molar-refractivity contribution in [3.63, 3.8) is 0 Å². The van der Waals surface area contributed by atoms with E-state index in [1.807, 2.05) is 0 Å². The van der Waals surface area contributed by atoms with E-state index in [-0.39, 0.29) is 12.4 Å². The second-order valence-corrected chi connectivity index (χ2v) is 5.29. The Morgan fingerprint density at radius 3 is 2.68 bits per heavy atom. The Morgan fingerprint density at radius 2 is 2.05 bits per heavy atom. The van der Waals surface area contributed by atoms with Gasteiger partial charge in [-0.15, -0.1) is 0 Å². The number of para-hydroxylation sites is 1. The van der Waals surface area contributed by atoms with E-state index < -0.39 is 11.7 Å². The van der Waals surface area contributed by atoms with Gasteiger partial charge in [0.25, 0.3) is 0 Å². The Labute approximate surface area is 127 Å². The second kappa shape index (κ2) is 7.38. The van der Waals surface area contributed by atoms with Crippen LogP contribution in [0.5, 0.6) is 5.75 Å². The molecule has 0 amide bonds. The molecule has 0 saturated heterocycles. The van der Waals surface area contributed by atoms with Crippen LogP contribution in [-0.4, -0.2) is 25.7 Å². The minimum atomic E-state index is -4.42. The van der Waals surface area contributed by atoms with Crippen LogP contribution >= 0.6 is 0 Å². The van der Waals surface area contributed by atoms with Crippen LogP contribution in [0.25, 0.3) is 0 Å². The predicted molar refractivity (Wildman–Crippen MR) is 78.8 cm³/mol. The van der Waals surface area contributed by atoms with E-state index in [4.69, 9.17) is 10.5 Å². The summed E-state index contributed by atoms with van der Waals surface area (Å²) in [6, 6.07) is 5.14. The van der Waals surface area contributed by atoms with Crippen molar-refractivity contribution in [2.24, 2.45) is 16.6 Å². The van der Waals surface area contributed by atoms with Gasteiger partial charge in [0.2, 0.25) is 0 Å². The summed E-state index contributed by atoms with van der Waals surface area (Å²) in [5.74, 6) is 0.747. The van der Waals surface area contributed by atoms with Crippen LogP contribution in [0.2, 0.25) is 0 Å². The first-order chi connectivity index (χ1) is 10.5. The molecule has 2 rings (SSSR count). The van der Waals surface area contributed by atoms with Crippen molar-refractivity contribution in [3.8, 4) is 5.75 Å². The van der Waals surface area contributed by atoms with Crippen molar-refractivity contribution in [2.45, 2.75) is 25.4 Å². The van der Waals surface area contributed by atoms with Crippen molar-refractivity contribution < 1.29 is 17.9 Å². The van der Waals surface area contributed by atoms with E-state index in [0.29, 0.717) is 25.0 Å². The van der Waals surface area contributed by atoms with Gasteiger partial charge in [0.1, 0.15) is 12.4 Å². The van der Waals surface area contributed by atoms with Crippen molar-refractivity contribution in [1.82, 2.24) is 5.32 Å². The van der Waals surface area contributed by atoms with E-state index in [1.165, 1.54) is 37.5 Å². The average molecular weight is 315 g/mol. The molecule has 122 valence electrons. The van der Waals surface area contributed by atoms with E-state index in [1.54, 1.807) is 0 Å². The van der Waals surface area contributed by atoms with E-state index >= 15 is 0 Å². The molecule has 0 bridgehead atoms. The molecule has 0 radical (unpaired) electrons. The van der Waals surface area contributed by atoms with Crippen LogP contribution in [0.1, 0.15) is 24.8 Å². The highest BCUT2D eigenvalue weighted by Gasteiger charge is 2.33. The minimum Gasteiger partial charge on any atom is -0.491 e. The molecule has 1 fully saturated rings. The average Bonchev–Trinajstić information content (AvgIpc) is 2.41. The number of rotatable bonds is 6. The smallest absolute Gasteiger partial charge is 0.419 e. The number of nitrogens with two attached hydrogens (primary N) is 1. The molecule has 0 atom stereocenters. The van der Waals surface area contributed by atoms with Crippen LogP contribution in [0, 0.1) is 5.92 Å². The summed E-state index contributed by atoms with van der Waals surface area (Å²) in [4.78, 5) is 4.20. The molecular formula is C15H20F3N3O. The molecule has 1 aromatic carbocycles. The van der Waals surface area contributed by atoms with Crippen molar-refractivity contribution in [1.29, 1.82) is 0 Å². The Bertz CT molecular complexity index is 513. The number of hydrogen-bond donors (Lipinski definition) is 2. The van der Waals surface area contributed by atoms with Crippen molar-refractivity contribution in [2.75, 3.05) is 19.7 Å². The standard InChI is InChI=1S/C15H20F3N3O/c16-15(17,18)12-6-1-2-7-13(12)22-9-8-20-14(19)21-10-11-4-3-5-11/h1-2,6-7,11H,3-5,8-10H2,(H3,19,20,21). The number of nitrogens with one attached hydrogen (secondary N) is 1. The number of hydrogen-bond acceptors (Lipinski definition) is 2. The van der Waals surface area contributed by atoms with Gasteiger partial charge < -0.3 is 15.8 Å². The maximum atomic E-state index is 12.8. The van der Waals surface area contributed by atoms with Gasteiger partial charge in [-0.3, -0.25) is 4.99 Å². The van der Waals surface area contributed by atoms with E-state index in [2.05, 4.69) is 10.3 Å². The fraction of sp³-hybridized carbons (Fsp3) is 0.533. The van der Waals surface area contributed by atoms with Gasteiger partial charge in [0, 0.05) is 6.54 Å². The topological polar surface area (TPSA) is 59.6 Å². The minimum absolute atomic E-state index is 0.0761. The molecule has 1 aromatic rings. The van der Waals surface area contributed by atoms with E-state index in [9.17, 15) is 13.2 Å². The zero-order chi connectivity index (χ0) is 16.0. The first-order valence-electron chi connectivity index (χ1n) is 7.29. The molecule has 0 spiro atoms. The Kier molecular flexibility index (Phi) is 5.51. The summed E-state index contributed by atoms with van der Waals surface area (Å²) in [6.07, 6.45) is -0.796. The summed E-state index contributed by atoms with van der Waals surface area (Å²) in [6.45, 7) is 1.08. The fourth-order valence-electron chi connectivity index (χ4n) is 2.13. The normalized spacial score (nSPS) is 16.2. The predicted octanol–water partition coefficient (Wildman–Crippen LogP) is 2.79. The van der Waals surface area contributed by atoms with Crippen LogP contribution in [-0.2, 0) is 6.18 Å². The molecular weight excluding hydrogens is 295 g/mol. The summed E-state index contributed by atoms with van der Waals surface area (Å²) >= 11 is 0. The summed E-state index contributed by atoms with van der Waals surface area (Å²) in [5.41, 5.74) is 4.91. The van der Waals surface area contributed by atoms with Gasteiger partial charge in [-0.25, -0.2) is 0 Å². The van der Waals surface area contributed by atoms with Crippen molar-refractivity contribution in [3.05, 3.63) is 29.8 Å². The van der Waals surface area contributed by atoms with Gasteiger partial charge >= 0.3 is 6.18 Å². The number of benzene rings is 1. The first kappa shape index (κ1) is 16.5. The quantitative estimate of drug-likeness (QED) is 0.482. The Hall–Kier alpha value is -1.92. The summed E-state index contributed by atoms with van der Waals surface area (Å²) in [5, 5.41) is 2.84. The van der Waals surface area contributed by atoms with Crippen LogP contribution in [0.4, 0.5) is 13.2 Å². The maximum Gasteiger partial charge on any atom is 0.419 e. The third-order valence-electron chi connectivity index (χ3n) is 3.60. The number of ether oxygens (including phenoxy) is 1. The van der Waals surface area contributed by atoms with Crippen molar-refractivity contribution >= 4 is 5.96 Å². The number of alkyl halides is 3. The summed E-state index contributed by atoms with van der Waals surface area (Å²) < 4.78 is 43.5. The molecule has 4 nitrogen and oxygen atoms in total. The summed E-state index contributed by atoms with van der Waals surface area (Å²) in [7, 11) is 0. The van der Waals surface area contributed by atoms with Gasteiger partial charge in [-0.2, -0.15) is 13.2 Å². The second-order valence-electron chi connectivity index (χ2n) is 5.29. The maximum absolute atomic E-state index is 12.8. The first-order valence-corrected chi connectivity index (χ1v) is 7.29. The fourth-order valence-corrected chi connectivity index (χ4v) is 2.13. The molecule has 0 unspecified atom stereocenters. The number of guanidine groups is 1. The largest absolute Gasteiger partial charge is 0.491 e. The lowest BCUT2D eigenvalue weighted by Crippen LogP contribution is -2.35. The molecule has 22 heavy (non-hydrogen) atoms. The zero-order valence-corrected chi connectivity index (χ0v) is 12.2. The highest BCUT2D eigenvalue weighted by atomic mass is 19.4. The van der Waals surface area contributed by atoms with Gasteiger partial charge in [0.15, 0.2) is 5.96 Å². The van der Waals surface area contributed by atoms with Crippen LogP contribution < -0.4 is 15.8 Å². The van der Waals surface area contributed by atoms with Gasteiger partial charge in [-0.05, 0) is 30.9 Å². The zero-order valence-electron chi connectivity index (χ0n) is 12.2. The van der Waals surface area contributed by atoms with Crippen LogP contribution in [0.15, 0.2) is 29.3 Å². The number of nitrogens with zero attached hydrogens (tertiary/aromatic N) is 1. The van der Waals surface area contributed by atoms with Gasteiger partial charge in [-0.1, -0.05) is 18.6 Å². The monoisotopic (exact) mass is 315 g/mol. The highest BCUT2D eigenvalue weighted by molar-refractivity contribution is 5.77. The number of halogens is 3. The molecule has 7 heteroatoms. The third-order valence-corrected chi connectivity index (χ3v) is 3.60. The highest BCUT2D eigenvalue weighted by Crippen LogP contribution is 2.35. The molecule has 1 aliphatic rings. The lowest BCUT2D eigenvalue weighted by atomic mass is 9.86. The molecule has 1 aliphatic carbocycles. The Morgan fingerprint density at radius 1 is 1.32 bits per heavy atom. The Balaban J connectivity index is 1.74. The third kappa shape index (κ3) is 4.82. The molecule has 0 aliphatic heterocycles. The van der Waals surface area contributed by atoms with Gasteiger partial charge in [0.05, 0.1) is 12.1 Å². The lowest BCUT2D eigenvalue weighted by molar-refractivity contribution is -0.138. The van der Waals surface area contributed by atoms with E-state index in [0.717, 1.165) is 6.07 Å². The molecule has 1 saturated carbocycles. The van der Waals surface area contributed by atoms with Crippen LogP contribution in [0.3, 0.4) is 0 Å². The number of aliphatic imine (C=N–C) groups is 1. The SMILES string of the molecule is NC(=NCC1CCC1)NCCOc1ccccc1C(F)(F)F. The lowest BCUT2D eigenvalue weighted by Gasteiger charge is -2.23.